The number of halogens is 1. The summed E-state index contributed by atoms with van der Waals surface area (Å²) in [6.45, 7) is 6.10. The van der Waals surface area contributed by atoms with Gasteiger partial charge in [0.1, 0.15) is 5.69 Å². The number of piperidine rings is 1. The second-order valence-corrected chi connectivity index (χ2v) is 5.13. The topological polar surface area (TPSA) is 66.2 Å². The first-order valence-corrected chi connectivity index (χ1v) is 6.98. The summed E-state index contributed by atoms with van der Waals surface area (Å²) in [6.07, 6.45) is 0.887. The highest BCUT2D eigenvalue weighted by molar-refractivity contribution is 6.31. The lowest BCUT2D eigenvalue weighted by atomic mass is 10.0. The van der Waals surface area contributed by atoms with E-state index in [2.05, 4.69) is 15.6 Å². The van der Waals surface area contributed by atoms with Crippen molar-refractivity contribution in [1.29, 1.82) is 0 Å². The monoisotopic (exact) mass is 285 g/mol. The van der Waals surface area contributed by atoms with Crippen LogP contribution < -0.4 is 10.6 Å². The second kappa shape index (κ2) is 6.41. The Morgan fingerprint density at radius 2 is 2.42 bits per heavy atom. The number of amides is 1. The molecule has 6 heteroatoms. The second-order valence-electron chi connectivity index (χ2n) is 4.72. The average Bonchev–Trinajstić information content (AvgIpc) is 2.72. The van der Waals surface area contributed by atoms with Gasteiger partial charge < -0.3 is 20.4 Å². The van der Waals surface area contributed by atoms with E-state index in [1.807, 2.05) is 13.8 Å². The minimum absolute atomic E-state index is 0.0224. The molecular formula is C13H20ClN3O2. The summed E-state index contributed by atoms with van der Waals surface area (Å²) >= 11 is 5.95. The fraction of sp³-hybridized carbons (Fsp3) is 0.615. The molecule has 1 aliphatic heterocycles. The van der Waals surface area contributed by atoms with Crippen molar-refractivity contribution < 1.29 is 9.53 Å². The fourth-order valence-electron chi connectivity index (χ4n) is 2.29. The van der Waals surface area contributed by atoms with Gasteiger partial charge in [0.2, 0.25) is 0 Å². The molecule has 2 heterocycles. The summed E-state index contributed by atoms with van der Waals surface area (Å²) in [5.41, 5.74) is 1.30. The molecule has 0 saturated carbocycles. The zero-order valence-electron chi connectivity index (χ0n) is 11.3. The summed E-state index contributed by atoms with van der Waals surface area (Å²) < 4.78 is 5.65. The number of ether oxygens (including phenoxy) is 1. The lowest BCUT2D eigenvalue weighted by Crippen LogP contribution is -2.53. The van der Waals surface area contributed by atoms with E-state index in [0.717, 1.165) is 25.2 Å². The average molecular weight is 286 g/mol. The molecule has 2 atom stereocenters. The zero-order chi connectivity index (χ0) is 13.8. The van der Waals surface area contributed by atoms with Crippen LogP contribution >= 0.6 is 11.6 Å². The lowest BCUT2D eigenvalue weighted by molar-refractivity contribution is 0.0208. The van der Waals surface area contributed by atoms with E-state index in [-0.39, 0.29) is 18.1 Å². The number of carbonyl (C=O) groups excluding carboxylic acids is 1. The van der Waals surface area contributed by atoms with Gasteiger partial charge in [-0.2, -0.15) is 0 Å². The molecule has 1 amide bonds. The number of hydrogen-bond donors (Lipinski definition) is 3. The van der Waals surface area contributed by atoms with Crippen molar-refractivity contribution >= 4 is 17.5 Å². The van der Waals surface area contributed by atoms with Gasteiger partial charge in [-0.3, -0.25) is 4.79 Å². The third-order valence-electron chi connectivity index (χ3n) is 3.32. The fourth-order valence-corrected chi connectivity index (χ4v) is 2.44. The SMILES string of the molecule is CCO[C@@H]1CNCC[C@H]1NC(=O)c1cc(Cl)c(C)[nH]1. The summed E-state index contributed by atoms with van der Waals surface area (Å²) in [5, 5.41) is 6.87. The van der Waals surface area contributed by atoms with Gasteiger partial charge in [0.15, 0.2) is 0 Å². The van der Waals surface area contributed by atoms with Gasteiger partial charge in [-0.15, -0.1) is 0 Å². The number of nitrogens with one attached hydrogen (secondary N) is 3. The highest BCUT2D eigenvalue weighted by Gasteiger charge is 2.27. The van der Waals surface area contributed by atoms with E-state index >= 15 is 0 Å². The van der Waals surface area contributed by atoms with E-state index in [1.54, 1.807) is 6.07 Å². The van der Waals surface area contributed by atoms with E-state index in [4.69, 9.17) is 16.3 Å². The van der Waals surface area contributed by atoms with Crippen molar-refractivity contribution in [2.45, 2.75) is 32.4 Å². The third-order valence-corrected chi connectivity index (χ3v) is 3.71. The molecule has 0 aliphatic carbocycles. The Balaban J connectivity index is 2.00. The lowest BCUT2D eigenvalue weighted by Gasteiger charge is -2.32. The van der Waals surface area contributed by atoms with Crippen molar-refractivity contribution in [2.75, 3.05) is 19.7 Å². The van der Waals surface area contributed by atoms with Crippen LogP contribution in [0.2, 0.25) is 5.02 Å². The number of aromatic amines is 1. The van der Waals surface area contributed by atoms with Crippen LogP contribution in [-0.2, 0) is 4.74 Å². The number of aromatic nitrogens is 1. The molecule has 19 heavy (non-hydrogen) atoms. The van der Waals surface area contributed by atoms with Gasteiger partial charge in [0.05, 0.1) is 17.2 Å². The predicted octanol–water partition coefficient (Wildman–Crippen LogP) is 1.47. The largest absolute Gasteiger partial charge is 0.375 e. The van der Waals surface area contributed by atoms with Crippen molar-refractivity contribution in [3.8, 4) is 0 Å². The Kier molecular flexibility index (Phi) is 4.85. The maximum absolute atomic E-state index is 12.2. The molecule has 1 aromatic rings. The Hall–Kier alpha value is -1.04. The van der Waals surface area contributed by atoms with Crippen molar-refractivity contribution in [1.82, 2.24) is 15.6 Å². The first kappa shape index (κ1) is 14.4. The van der Waals surface area contributed by atoms with Gasteiger partial charge in [-0.05, 0) is 32.9 Å². The molecule has 5 nitrogen and oxygen atoms in total. The molecule has 2 rings (SSSR count). The first-order chi connectivity index (χ1) is 9.11. The van der Waals surface area contributed by atoms with E-state index in [9.17, 15) is 4.79 Å². The predicted molar refractivity (Wildman–Crippen MR) is 74.7 cm³/mol. The highest BCUT2D eigenvalue weighted by atomic mass is 35.5. The minimum Gasteiger partial charge on any atom is -0.375 e. The smallest absolute Gasteiger partial charge is 0.268 e. The number of rotatable bonds is 4. The maximum atomic E-state index is 12.2. The van der Waals surface area contributed by atoms with Gasteiger partial charge in [-0.25, -0.2) is 0 Å². The number of hydrogen-bond acceptors (Lipinski definition) is 3. The van der Waals surface area contributed by atoms with Crippen molar-refractivity contribution in [3.05, 3.63) is 22.5 Å². The van der Waals surface area contributed by atoms with E-state index < -0.39 is 0 Å². The quantitative estimate of drug-likeness (QED) is 0.785. The number of carbonyl (C=O) groups is 1. The highest BCUT2D eigenvalue weighted by Crippen LogP contribution is 2.16. The molecule has 0 spiro atoms. The Morgan fingerprint density at radius 1 is 1.63 bits per heavy atom. The van der Waals surface area contributed by atoms with Gasteiger partial charge in [0, 0.05) is 18.8 Å². The molecule has 1 fully saturated rings. The van der Waals surface area contributed by atoms with Crippen LogP contribution in [0.3, 0.4) is 0 Å². The molecule has 106 valence electrons. The molecule has 0 radical (unpaired) electrons. The van der Waals surface area contributed by atoms with Crippen LogP contribution in [0.1, 0.15) is 29.5 Å². The zero-order valence-corrected chi connectivity index (χ0v) is 12.0. The standard InChI is InChI=1S/C13H20ClN3O2/c1-3-19-12-7-15-5-4-10(12)17-13(18)11-6-9(14)8(2)16-11/h6,10,12,15-16H,3-5,7H2,1-2H3,(H,17,18)/t10-,12-/m1/s1. The van der Waals surface area contributed by atoms with Gasteiger partial charge in [-0.1, -0.05) is 11.6 Å². The number of aryl methyl sites for hydroxylation is 1. The van der Waals surface area contributed by atoms with Crippen LogP contribution in [0.5, 0.6) is 0 Å². The van der Waals surface area contributed by atoms with Crippen LogP contribution in [0.15, 0.2) is 6.07 Å². The molecule has 0 unspecified atom stereocenters. The molecule has 0 aromatic carbocycles. The normalized spacial score (nSPS) is 23.3. The summed E-state index contributed by atoms with van der Waals surface area (Å²) in [6, 6.07) is 1.69. The molecule has 1 saturated heterocycles. The molecule has 1 aliphatic rings. The molecule has 3 N–H and O–H groups in total. The number of H-pyrrole nitrogens is 1. The summed E-state index contributed by atoms with van der Waals surface area (Å²) in [4.78, 5) is 15.1. The van der Waals surface area contributed by atoms with Crippen LogP contribution in [0, 0.1) is 6.92 Å². The first-order valence-electron chi connectivity index (χ1n) is 6.60. The minimum atomic E-state index is -0.133. The summed E-state index contributed by atoms with van der Waals surface area (Å²) in [7, 11) is 0. The van der Waals surface area contributed by atoms with E-state index in [0.29, 0.717) is 17.3 Å². The Morgan fingerprint density at radius 3 is 3.05 bits per heavy atom. The van der Waals surface area contributed by atoms with E-state index in [1.165, 1.54) is 0 Å². The maximum Gasteiger partial charge on any atom is 0.268 e. The van der Waals surface area contributed by atoms with Gasteiger partial charge >= 0.3 is 0 Å². The van der Waals surface area contributed by atoms with Crippen LogP contribution in [-0.4, -0.2) is 42.7 Å². The molecular weight excluding hydrogens is 266 g/mol. The van der Waals surface area contributed by atoms with Crippen molar-refractivity contribution in [2.24, 2.45) is 0 Å². The molecule has 1 aromatic heterocycles. The van der Waals surface area contributed by atoms with Crippen LogP contribution in [0.25, 0.3) is 0 Å². The third kappa shape index (κ3) is 3.49. The summed E-state index contributed by atoms with van der Waals surface area (Å²) in [5.74, 6) is -0.133. The molecule has 0 bridgehead atoms. The Bertz CT molecular complexity index is 426. The van der Waals surface area contributed by atoms with Crippen molar-refractivity contribution in [3.63, 3.8) is 0 Å². The van der Waals surface area contributed by atoms with Crippen LogP contribution in [0.4, 0.5) is 0 Å². The Labute approximate surface area is 118 Å². The van der Waals surface area contributed by atoms with Gasteiger partial charge in [0.25, 0.3) is 5.91 Å².